The highest BCUT2D eigenvalue weighted by molar-refractivity contribution is 8.00. The van der Waals surface area contributed by atoms with Gasteiger partial charge >= 0.3 is 5.97 Å². The van der Waals surface area contributed by atoms with Crippen LogP contribution >= 0.6 is 23.4 Å². The number of thioether (sulfide) groups is 1. The fourth-order valence-electron chi connectivity index (χ4n) is 4.28. The van der Waals surface area contributed by atoms with E-state index in [1.807, 2.05) is 0 Å². The van der Waals surface area contributed by atoms with Crippen molar-refractivity contribution >= 4 is 40.5 Å². The van der Waals surface area contributed by atoms with Crippen LogP contribution in [0.1, 0.15) is 110 Å². The SMILES string of the molecule is COC(=O)CCCCCCCCCCCCCCCn1c(CO)nc2nc(Cl)nc(SC(C)C)c21. The van der Waals surface area contributed by atoms with Crippen molar-refractivity contribution in [3.8, 4) is 0 Å². The van der Waals surface area contributed by atoms with Crippen molar-refractivity contribution in [2.24, 2.45) is 0 Å². The van der Waals surface area contributed by atoms with E-state index >= 15 is 0 Å². The molecular weight excluding hydrogens is 484 g/mol. The van der Waals surface area contributed by atoms with Crippen molar-refractivity contribution in [3.05, 3.63) is 11.1 Å². The Morgan fingerprint density at radius 1 is 0.914 bits per heavy atom. The van der Waals surface area contributed by atoms with Crippen molar-refractivity contribution in [2.45, 2.75) is 127 Å². The van der Waals surface area contributed by atoms with E-state index in [0.29, 0.717) is 23.1 Å². The van der Waals surface area contributed by atoms with Crippen LogP contribution in [0.25, 0.3) is 11.2 Å². The third kappa shape index (κ3) is 11.0. The summed E-state index contributed by atoms with van der Waals surface area (Å²) < 4.78 is 6.74. The summed E-state index contributed by atoms with van der Waals surface area (Å²) in [6.45, 7) is 4.93. The summed E-state index contributed by atoms with van der Waals surface area (Å²) in [5, 5.41) is 11.2. The number of unbranched alkanes of at least 4 members (excludes halogenated alkanes) is 12. The summed E-state index contributed by atoms with van der Waals surface area (Å²) in [5.74, 6) is 0.538. The first-order valence-corrected chi connectivity index (χ1v) is 14.5. The zero-order valence-electron chi connectivity index (χ0n) is 21.7. The number of aliphatic hydroxyl groups is 1. The largest absolute Gasteiger partial charge is 0.469 e. The molecule has 2 heterocycles. The van der Waals surface area contributed by atoms with Crippen LogP contribution in [0.2, 0.25) is 5.28 Å². The molecule has 1 N–H and O–H groups in total. The fourth-order valence-corrected chi connectivity index (χ4v) is 5.39. The Morgan fingerprint density at radius 2 is 1.46 bits per heavy atom. The number of esters is 1. The Labute approximate surface area is 219 Å². The van der Waals surface area contributed by atoms with Crippen LogP contribution in [0.3, 0.4) is 0 Å². The molecule has 0 aliphatic rings. The van der Waals surface area contributed by atoms with E-state index in [9.17, 15) is 9.90 Å². The van der Waals surface area contributed by atoms with Crippen LogP contribution in [0, 0.1) is 0 Å². The van der Waals surface area contributed by atoms with E-state index in [1.54, 1.807) is 11.8 Å². The number of aliphatic hydroxyl groups excluding tert-OH is 1. The number of aromatic nitrogens is 4. The molecule has 2 aromatic rings. The van der Waals surface area contributed by atoms with Crippen LogP contribution in [0.5, 0.6) is 0 Å². The van der Waals surface area contributed by atoms with Crippen molar-refractivity contribution in [3.63, 3.8) is 0 Å². The Kier molecular flexibility index (Phi) is 14.6. The second kappa shape index (κ2) is 17.1. The molecule has 35 heavy (non-hydrogen) atoms. The quantitative estimate of drug-likeness (QED) is 0.0685. The lowest BCUT2D eigenvalue weighted by Gasteiger charge is -2.11. The maximum atomic E-state index is 11.1. The molecule has 0 saturated heterocycles. The number of ether oxygens (including phenoxy) is 1. The molecule has 0 atom stereocenters. The van der Waals surface area contributed by atoms with E-state index in [-0.39, 0.29) is 17.9 Å². The summed E-state index contributed by atoms with van der Waals surface area (Å²) in [4.78, 5) is 24.3. The maximum Gasteiger partial charge on any atom is 0.305 e. The Hall–Kier alpha value is -1.38. The predicted molar refractivity (Wildman–Crippen MR) is 144 cm³/mol. The van der Waals surface area contributed by atoms with Crippen molar-refractivity contribution in [2.75, 3.05) is 7.11 Å². The van der Waals surface area contributed by atoms with Gasteiger partial charge in [-0.05, 0) is 24.4 Å². The zero-order valence-corrected chi connectivity index (χ0v) is 23.3. The molecule has 0 unspecified atom stereocenters. The smallest absolute Gasteiger partial charge is 0.305 e. The summed E-state index contributed by atoms with van der Waals surface area (Å²) in [5.41, 5.74) is 1.46. The number of hydrogen-bond acceptors (Lipinski definition) is 7. The molecule has 7 nitrogen and oxygen atoms in total. The number of halogens is 1. The average Bonchev–Trinajstić information content (AvgIpc) is 3.18. The fraction of sp³-hybridized carbons (Fsp3) is 0.769. The third-order valence-electron chi connectivity index (χ3n) is 6.10. The van der Waals surface area contributed by atoms with Gasteiger partial charge in [0.25, 0.3) is 0 Å². The molecule has 0 radical (unpaired) electrons. The molecule has 0 amide bonds. The lowest BCUT2D eigenvalue weighted by molar-refractivity contribution is -0.140. The molecule has 9 heteroatoms. The highest BCUT2D eigenvalue weighted by Crippen LogP contribution is 2.30. The molecular formula is C26H43ClN4O3S. The average molecular weight is 527 g/mol. The topological polar surface area (TPSA) is 90.1 Å². The van der Waals surface area contributed by atoms with Gasteiger partial charge < -0.3 is 14.4 Å². The first kappa shape index (κ1) is 29.8. The predicted octanol–water partition coefficient (Wildman–Crippen LogP) is 7.11. The van der Waals surface area contributed by atoms with Crippen LogP contribution in [-0.2, 0) is 22.7 Å². The molecule has 0 fully saturated rings. The lowest BCUT2D eigenvalue weighted by atomic mass is 10.0. The molecule has 2 aromatic heterocycles. The van der Waals surface area contributed by atoms with Gasteiger partial charge in [0.05, 0.1) is 7.11 Å². The minimum atomic E-state index is -0.118. The van der Waals surface area contributed by atoms with Crippen molar-refractivity contribution < 1.29 is 14.6 Å². The van der Waals surface area contributed by atoms with Gasteiger partial charge in [0, 0.05) is 18.2 Å². The minimum absolute atomic E-state index is 0.0926. The van der Waals surface area contributed by atoms with Gasteiger partial charge in [0.2, 0.25) is 5.28 Å². The number of methoxy groups -OCH3 is 1. The van der Waals surface area contributed by atoms with Gasteiger partial charge in [-0.25, -0.2) is 9.97 Å². The van der Waals surface area contributed by atoms with Crippen molar-refractivity contribution in [1.82, 2.24) is 19.5 Å². The lowest BCUT2D eigenvalue weighted by Crippen LogP contribution is -2.06. The highest BCUT2D eigenvalue weighted by atomic mass is 35.5. The number of carbonyl (C=O) groups excluding carboxylic acids is 1. The molecule has 0 aliphatic carbocycles. The van der Waals surface area contributed by atoms with E-state index in [2.05, 4.69) is 38.1 Å². The Bertz CT molecular complexity index is 891. The standard InChI is InChI=1S/C26H43ClN4O3S/c1-20(2)35-25-23-24(29-26(27)30-25)28-21(19-32)31(23)18-16-14-12-10-8-6-4-5-7-9-11-13-15-17-22(33)34-3/h20,32H,4-19H2,1-3H3. The molecule has 0 spiro atoms. The van der Waals surface area contributed by atoms with Crippen LogP contribution in [-0.4, -0.2) is 43.0 Å². The monoisotopic (exact) mass is 526 g/mol. The number of rotatable bonds is 19. The van der Waals surface area contributed by atoms with Crippen molar-refractivity contribution in [1.29, 1.82) is 0 Å². The Balaban J connectivity index is 1.59. The van der Waals surface area contributed by atoms with Gasteiger partial charge in [-0.3, -0.25) is 4.79 Å². The van der Waals surface area contributed by atoms with Gasteiger partial charge in [-0.15, -0.1) is 11.8 Å². The molecule has 2 rings (SSSR count). The summed E-state index contributed by atoms with van der Waals surface area (Å²) in [7, 11) is 1.45. The van der Waals surface area contributed by atoms with Crippen LogP contribution < -0.4 is 0 Å². The van der Waals surface area contributed by atoms with Gasteiger partial charge in [-0.1, -0.05) is 84.5 Å². The number of imidazole rings is 1. The Morgan fingerprint density at radius 3 is 1.97 bits per heavy atom. The molecule has 0 aromatic carbocycles. The molecule has 0 bridgehead atoms. The number of carbonyl (C=O) groups is 1. The van der Waals surface area contributed by atoms with E-state index in [4.69, 9.17) is 11.6 Å². The molecule has 0 aliphatic heterocycles. The van der Waals surface area contributed by atoms with Gasteiger partial charge in [0.15, 0.2) is 5.65 Å². The van der Waals surface area contributed by atoms with Gasteiger partial charge in [-0.2, -0.15) is 4.98 Å². The van der Waals surface area contributed by atoms with Gasteiger partial charge in [0.1, 0.15) is 23.0 Å². The second-order valence-electron chi connectivity index (χ2n) is 9.40. The number of fused-ring (bicyclic) bond motifs is 1. The summed E-state index contributed by atoms with van der Waals surface area (Å²) >= 11 is 7.76. The van der Waals surface area contributed by atoms with Crippen LogP contribution in [0.15, 0.2) is 5.03 Å². The highest BCUT2D eigenvalue weighted by Gasteiger charge is 2.18. The normalized spacial score (nSPS) is 11.6. The summed E-state index contributed by atoms with van der Waals surface area (Å²) in [6, 6.07) is 0. The third-order valence-corrected chi connectivity index (χ3v) is 7.25. The van der Waals surface area contributed by atoms with Crippen LogP contribution in [0.4, 0.5) is 0 Å². The second-order valence-corrected chi connectivity index (χ2v) is 11.3. The minimum Gasteiger partial charge on any atom is -0.469 e. The van der Waals surface area contributed by atoms with E-state index < -0.39 is 0 Å². The summed E-state index contributed by atoms with van der Waals surface area (Å²) in [6.07, 6.45) is 16.4. The zero-order chi connectivity index (χ0) is 25.5. The maximum absolute atomic E-state index is 11.1. The first-order valence-electron chi connectivity index (χ1n) is 13.2. The molecule has 0 saturated carbocycles. The number of hydrogen-bond donors (Lipinski definition) is 1. The van der Waals surface area contributed by atoms with E-state index in [1.165, 1.54) is 64.9 Å². The molecule has 198 valence electrons. The number of aryl methyl sites for hydroxylation is 1. The van der Waals surface area contributed by atoms with E-state index in [0.717, 1.165) is 42.8 Å². The first-order chi connectivity index (χ1) is 17.0. The number of nitrogens with zero attached hydrogens (tertiary/aromatic N) is 4.